The third-order valence-corrected chi connectivity index (χ3v) is 2.28. The fourth-order valence-corrected chi connectivity index (χ4v) is 1.31. The number of hydrogen-bond acceptors (Lipinski definition) is 4. The molecule has 1 rings (SSSR count). The van der Waals surface area contributed by atoms with Crippen molar-refractivity contribution < 1.29 is 9.53 Å². The Balaban J connectivity index is 2.65. The van der Waals surface area contributed by atoms with Crippen molar-refractivity contribution in [1.82, 2.24) is 0 Å². The largest absolute Gasteiger partial charge is 0.464 e. The molecule has 0 heterocycles. The van der Waals surface area contributed by atoms with Crippen LogP contribution in [-0.4, -0.2) is 18.8 Å². The van der Waals surface area contributed by atoms with Gasteiger partial charge in [0.05, 0.1) is 12.8 Å². The zero-order valence-corrected chi connectivity index (χ0v) is 10.3. The Labute approximate surface area is 102 Å². The number of para-hydroxylation sites is 1. The molecular formula is C13H18N2O2. The van der Waals surface area contributed by atoms with E-state index in [0.29, 0.717) is 12.1 Å². The van der Waals surface area contributed by atoms with Crippen LogP contribution < -0.4 is 5.43 Å². The molecule has 0 aliphatic heterocycles. The van der Waals surface area contributed by atoms with E-state index in [1.807, 2.05) is 30.3 Å². The molecule has 1 aromatic rings. The van der Waals surface area contributed by atoms with Crippen LogP contribution in [-0.2, 0) is 9.53 Å². The van der Waals surface area contributed by atoms with Crippen LogP contribution >= 0.6 is 0 Å². The molecule has 0 aliphatic rings. The molecule has 0 spiro atoms. The number of benzene rings is 1. The van der Waals surface area contributed by atoms with Crippen LogP contribution in [0.5, 0.6) is 0 Å². The lowest BCUT2D eigenvalue weighted by molar-refractivity contribution is -0.132. The van der Waals surface area contributed by atoms with Crippen LogP contribution in [0.2, 0.25) is 0 Å². The van der Waals surface area contributed by atoms with Crippen LogP contribution in [0.15, 0.2) is 35.4 Å². The minimum Gasteiger partial charge on any atom is -0.464 e. The maximum atomic E-state index is 11.4. The molecule has 0 bridgehead atoms. The molecule has 4 heteroatoms. The Kier molecular flexibility index (Phi) is 5.79. The second kappa shape index (κ2) is 7.44. The predicted octanol–water partition coefficient (Wildman–Crippen LogP) is 2.82. The number of carbonyl (C=O) groups is 1. The Morgan fingerprint density at radius 2 is 2.06 bits per heavy atom. The molecule has 0 saturated heterocycles. The Bertz CT molecular complexity index is 374. The first-order chi connectivity index (χ1) is 8.27. The fraction of sp³-hybridized carbons (Fsp3) is 0.385. The topological polar surface area (TPSA) is 50.7 Å². The van der Waals surface area contributed by atoms with Gasteiger partial charge in [-0.1, -0.05) is 31.5 Å². The molecule has 1 aromatic carbocycles. The summed E-state index contributed by atoms with van der Waals surface area (Å²) in [5, 5.41) is 4.09. The van der Waals surface area contributed by atoms with Gasteiger partial charge in [-0.3, -0.25) is 5.43 Å². The lowest BCUT2D eigenvalue weighted by Gasteiger charge is -2.05. The van der Waals surface area contributed by atoms with Crippen molar-refractivity contribution in [3.8, 4) is 0 Å². The summed E-state index contributed by atoms with van der Waals surface area (Å²) < 4.78 is 4.69. The van der Waals surface area contributed by atoms with Crippen molar-refractivity contribution in [3.63, 3.8) is 0 Å². The van der Waals surface area contributed by atoms with Crippen LogP contribution in [0.25, 0.3) is 0 Å². The number of carbonyl (C=O) groups excluding carboxylic acids is 1. The molecular weight excluding hydrogens is 216 g/mol. The number of esters is 1. The zero-order chi connectivity index (χ0) is 12.5. The predicted molar refractivity (Wildman–Crippen MR) is 69.0 cm³/mol. The van der Waals surface area contributed by atoms with E-state index in [9.17, 15) is 4.79 Å². The van der Waals surface area contributed by atoms with Gasteiger partial charge in [0.2, 0.25) is 0 Å². The molecule has 0 atom stereocenters. The van der Waals surface area contributed by atoms with Gasteiger partial charge < -0.3 is 4.74 Å². The van der Waals surface area contributed by atoms with E-state index in [2.05, 4.69) is 22.2 Å². The lowest BCUT2D eigenvalue weighted by Crippen LogP contribution is -2.17. The lowest BCUT2D eigenvalue weighted by atomic mass is 10.2. The highest BCUT2D eigenvalue weighted by molar-refractivity contribution is 6.36. The van der Waals surface area contributed by atoms with E-state index in [-0.39, 0.29) is 5.97 Å². The Hall–Kier alpha value is -1.84. The zero-order valence-electron chi connectivity index (χ0n) is 10.3. The number of hydrazone groups is 1. The van der Waals surface area contributed by atoms with E-state index >= 15 is 0 Å². The van der Waals surface area contributed by atoms with E-state index < -0.39 is 0 Å². The number of anilines is 1. The van der Waals surface area contributed by atoms with E-state index in [1.54, 1.807) is 0 Å². The number of methoxy groups -OCH3 is 1. The smallest absolute Gasteiger partial charge is 0.354 e. The minimum atomic E-state index is -0.373. The third kappa shape index (κ3) is 4.68. The minimum absolute atomic E-state index is 0.373. The summed E-state index contributed by atoms with van der Waals surface area (Å²) >= 11 is 0. The van der Waals surface area contributed by atoms with Gasteiger partial charge in [0.1, 0.15) is 5.71 Å². The summed E-state index contributed by atoms with van der Waals surface area (Å²) in [6.45, 7) is 2.07. The van der Waals surface area contributed by atoms with Crippen molar-refractivity contribution in [2.75, 3.05) is 12.5 Å². The van der Waals surface area contributed by atoms with Gasteiger partial charge >= 0.3 is 5.97 Å². The van der Waals surface area contributed by atoms with Gasteiger partial charge in [0.15, 0.2) is 0 Å². The Morgan fingerprint density at radius 1 is 1.35 bits per heavy atom. The number of nitrogens with one attached hydrogen (secondary N) is 1. The first-order valence-corrected chi connectivity index (χ1v) is 5.74. The number of rotatable bonds is 6. The summed E-state index contributed by atoms with van der Waals surface area (Å²) in [4.78, 5) is 11.4. The molecule has 0 amide bonds. The van der Waals surface area contributed by atoms with Gasteiger partial charge in [0, 0.05) is 0 Å². The maximum Gasteiger partial charge on any atom is 0.354 e. The molecule has 0 aromatic heterocycles. The molecule has 1 N–H and O–H groups in total. The summed E-state index contributed by atoms with van der Waals surface area (Å²) in [6, 6.07) is 9.51. The van der Waals surface area contributed by atoms with Gasteiger partial charge in [-0.05, 0) is 25.0 Å². The number of ether oxygens (including phenoxy) is 1. The second-order valence-electron chi connectivity index (χ2n) is 3.63. The van der Waals surface area contributed by atoms with Crippen molar-refractivity contribution >= 4 is 17.4 Å². The quantitative estimate of drug-likeness (QED) is 0.468. The van der Waals surface area contributed by atoms with Crippen molar-refractivity contribution in [3.05, 3.63) is 30.3 Å². The van der Waals surface area contributed by atoms with Crippen LogP contribution in [0, 0.1) is 0 Å². The number of unbranched alkanes of at least 4 members (excludes halogenated alkanes) is 1. The molecule has 0 aliphatic carbocycles. The van der Waals surface area contributed by atoms with Crippen LogP contribution in [0.4, 0.5) is 5.69 Å². The normalized spacial score (nSPS) is 11.1. The van der Waals surface area contributed by atoms with Crippen molar-refractivity contribution in [1.29, 1.82) is 0 Å². The number of hydrogen-bond donors (Lipinski definition) is 1. The fourth-order valence-electron chi connectivity index (χ4n) is 1.31. The van der Waals surface area contributed by atoms with Crippen LogP contribution in [0.1, 0.15) is 26.2 Å². The third-order valence-electron chi connectivity index (χ3n) is 2.28. The summed E-state index contributed by atoms with van der Waals surface area (Å²) in [5.41, 5.74) is 4.14. The SMILES string of the molecule is CCCC/C(=N/Nc1ccccc1)C(=O)OC. The molecule has 0 radical (unpaired) electrons. The first-order valence-electron chi connectivity index (χ1n) is 5.74. The molecule has 0 saturated carbocycles. The van der Waals surface area contributed by atoms with E-state index in [1.165, 1.54) is 7.11 Å². The number of nitrogens with zero attached hydrogens (tertiary/aromatic N) is 1. The van der Waals surface area contributed by atoms with Gasteiger partial charge in [0.25, 0.3) is 0 Å². The molecule has 0 fully saturated rings. The van der Waals surface area contributed by atoms with Crippen molar-refractivity contribution in [2.24, 2.45) is 5.10 Å². The average Bonchev–Trinajstić information content (AvgIpc) is 2.39. The highest BCUT2D eigenvalue weighted by Crippen LogP contribution is 2.06. The summed E-state index contributed by atoms with van der Waals surface area (Å²) in [6.07, 6.45) is 2.56. The molecule has 0 unspecified atom stereocenters. The highest BCUT2D eigenvalue weighted by Gasteiger charge is 2.10. The van der Waals surface area contributed by atoms with Gasteiger partial charge in [-0.15, -0.1) is 0 Å². The molecule has 4 nitrogen and oxygen atoms in total. The van der Waals surface area contributed by atoms with Gasteiger partial charge in [-0.25, -0.2) is 4.79 Å². The standard InChI is InChI=1S/C13H18N2O2/c1-3-4-10-12(13(16)17-2)15-14-11-8-6-5-7-9-11/h5-9,14H,3-4,10H2,1-2H3/b15-12-. The van der Waals surface area contributed by atoms with E-state index in [0.717, 1.165) is 18.5 Å². The second-order valence-corrected chi connectivity index (χ2v) is 3.63. The maximum absolute atomic E-state index is 11.4. The van der Waals surface area contributed by atoms with Gasteiger partial charge in [-0.2, -0.15) is 5.10 Å². The highest BCUT2D eigenvalue weighted by atomic mass is 16.5. The monoisotopic (exact) mass is 234 g/mol. The molecule has 92 valence electrons. The first kappa shape index (κ1) is 13.2. The molecule has 17 heavy (non-hydrogen) atoms. The van der Waals surface area contributed by atoms with Crippen molar-refractivity contribution in [2.45, 2.75) is 26.2 Å². The van der Waals surface area contributed by atoms with E-state index in [4.69, 9.17) is 0 Å². The average molecular weight is 234 g/mol. The Morgan fingerprint density at radius 3 is 2.65 bits per heavy atom. The van der Waals surface area contributed by atoms with Crippen LogP contribution in [0.3, 0.4) is 0 Å². The summed E-state index contributed by atoms with van der Waals surface area (Å²) in [5.74, 6) is -0.373. The summed E-state index contributed by atoms with van der Waals surface area (Å²) in [7, 11) is 1.37.